The Bertz CT molecular complexity index is 613. The average molecular weight is 226 g/mol. The van der Waals surface area contributed by atoms with Gasteiger partial charge in [-0.05, 0) is 24.3 Å². The summed E-state index contributed by atoms with van der Waals surface area (Å²) in [7, 11) is 0. The first kappa shape index (κ1) is 9.65. The molecule has 3 rings (SSSR count). The lowest BCUT2D eigenvalue weighted by Gasteiger charge is -1.99. The van der Waals surface area contributed by atoms with Crippen molar-refractivity contribution in [3.8, 4) is 0 Å². The standard InChI is InChI=1S/C12H10N4O/c13-7-1-2-11-9(3-7)10(12(17)16-11)4-8-5-14-6-15-8/h1-6H,13H2,(H,14,15)(H,16,17)/b10-4-. The first-order valence-corrected chi connectivity index (χ1v) is 5.15. The third-order valence-corrected chi connectivity index (χ3v) is 2.65. The molecule has 5 nitrogen and oxygen atoms in total. The Kier molecular flexibility index (Phi) is 1.98. The van der Waals surface area contributed by atoms with Crippen molar-refractivity contribution in [3.63, 3.8) is 0 Å². The number of nitrogen functional groups attached to an aromatic ring is 1. The molecule has 84 valence electrons. The topological polar surface area (TPSA) is 83.8 Å². The zero-order valence-corrected chi connectivity index (χ0v) is 8.90. The fourth-order valence-corrected chi connectivity index (χ4v) is 1.85. The number of nitrogens with one attached hydrogen (secondary N) is 2. The minimum absolute atomic E-state index is 0.125. The van der Waals surface area contributed by atoms with E-state index in [1.54, 1.807) is 36.8 Å². The van der Waals surface area contributed by atoms with E-state index in [1.165, 1.54) is 0 Å². The van der Waals surface area contributed by atoms with Crippen LogP contribution < -0.4 is 11.1 Å². The van der Waals surface area contributed by atoms with Crippen LogP contribution in [0.1, 0.15) is 11.3 Å². The Morgan fingerprint density at radius 3 is 3.00 bits per heavy atom. The van der Waals surface area contributed by atoms with Crippen LogP contribution in [0, 0.1) is 0 Å². The molecule has 1 aromatic heterocycles. The number of aromatic nitrogens is 2. The monoisotopic (exact) mass is 226 g/mol. The first-order chi connectivity index (χ1) is 8.24. The molecule has 0 fully saturated rings. The Balaban J connectivity index is 2.13. The van der Waals surface area contributed by atoms with Crippen LogP contribution in [-0.2, 0) is 4.79 Å². The van der Waals surface area contributed by atoms with Crippen LogP contribution in [-0.4, -0.2) is 15.9 Å². The van der Waals surface area contributed by atoms with Gasteiger partial charge in [-0.15, -0.1) is 0 Å². The largest absolute Gasteiger partial charge is 0.399 e. The molecule has 2 aromatic rings. The number of carbonyl (C=O) groups excluding carboxylic acids is 1. The Labute approximate surface area is 97.4 Å². The minimum atomic E-state index is -0.125. The number of H-pyrrole nitrogens is 1. The number of imidazole rings is 1. The maximum absolute atomic E-state index is 11.8. The molecule has 0 unspecified atom stereocenters. The summed E-state index contributed by atoms with van der Waals surface area (Å²) in [6.45, 7) is 0. The third-order valence-electron chi connectivity index (χ3n) is 2.65. The summed E-state index contributed by atoms with van der Waals surface area (Å²) < 4.78 is 0. The van der Waals surface area contributed by atoms with E-state index in [-0.39, 0.29) is 5.91 Å². The molecular formula is C12H10N4O. The van der Waals surface area contributed by atoms with E-state index < -0.39 is 0 Å². The van der Waals surface area contributed by atoms with E-state index in [9.17, 15) is 4.79 Å². The van der Waals surface area contributed by atoms with Crippen LogP contribution in [0.25, 0.3) is 11.6 Å². The van der Waals surface area contributed by atoms with Crippen LogP contribution in [0.2, 0.25) is 0 Å². The number of benzene rings is 1. The van der Waals surface area contributed by atoms with E-state index in [1.807, 2.05) is 0 Å². The molecule has 1 aliphatic rings. The van der Waals surface area contributed by atoms with Gasteiger partial charge in [0.15, 0.2) is 0 Å². The van der Waals surface area contributed by atoms with Crippen molar-refractivity contribution in [1.82, 2.24) is 9.97 Å². The molecule has 0 atom stereocenters. The van der Waals surface area contributed by atoms with Gasteiger partial charge >= 0.3 is 0 Å². The maximum Gasteiger partial charge on any atom is 0.256 e. The highest BCUT2D eigenvalue weighted by atomic mass is 16.2. The molecule has 0 saturated heterocycles. The Morgan fingerprint density at radius 1 is 1.35 bits per heavy atom. The molecule has 1 aliphatic heterocycles. The lowest BCUT2D eigenvalue weighted by atomic mass is 10.1. The van der Waals surface area contributed by atoms with Crippen LogP contribution in [0.15, 0.2) is 30.7 Å². The van der Waals surface area contributed by atoms with Gasteiger partial charge < -0.3 is 16.0 Å². The van der Waals surface area contributed by atoms with Gasteiger partial charge in [0, 0.05) is 16.9 Å². The summed E-state index contributed by atoms with van der Waals surface area (Å²) in [5, 5.41) is 2.79. The van der Waals surface area contributed by atoms with Crippen molar-refractivity contribution in [2.24, 2.45) is 0 Å². The Morgan fingerprint density at radius 2 is 2.24 bits per heavy atom. The van der Waals surface area contributed by atoms with Gasteiger partial charge in [0.25, 0.3) is 5.91 Å². The van der Waals surface area contributed by atoms with E-state index in [2.05, 4.69) is 15.3 Å². The molecule has 1 amide bonds. The second kappa shape index (κ2) is 3.48. The number of nitrogens with two attached hydrogens (primary N) is 1. The van der Waals surface area contributed by atoms with Gasteiger partial charge in [-0.3, -0.25) is 4.79 Å². The predicted molar refractivity (Wildman–Crippen MR) is 65.9 cm³/mol. The fourth-order valence-electron chi connectivity index (χ4n) is 1.85. The zero-order chi connectivity index (χ0) is 11.8. The SMILES string of the molecule is Nc1ccc2c(c1)/C(=C/c1cnc[nH]1)C(=O)N2. The van der Waals surface area contributed by atoms with Crippen molar-refractivity contribution in [3.05, 3.63) is 42.0 Å². The Hall–Kier alpha value is -2.56. The van der Waals surface area contributed by atoms with Gasteiger partial charge in [-0.1, -0.05) is 0 Å². The number of fused-ring (bicyclic) bond motifs is 1. The summed E-state index contributed by atoms with van der Waals surface area (Å²) in [5.74, 6) is -0.125. The second-order valence-corrected chi connectivity index (χ2v) is 3.82. The van der Waals surface area contributed by atoms with E-state index in [0.29, 0.717) is 11.3 Å². The number of aromatic amines is 1. The molecule has 17 heavy (non-hydrogen) atoms. The maximum atomic E-state index is 11.8. The summed E-state index contributed by atoms with van der Waals surface area (Å²) >= 11 is 0. The second-order valence-electron chi connectivity index (χ2n) is 3.82. The van der Waals surface area contributed by atoms with Gasteiger partial charge in [0.2, 0.25) is 0 Å². The molecule has 1 aromatic carbocycles. The molecular weight excluding hydrogens is 216 g/mol. The quantitative estimate of drug-likeness (QED) is 0.508. The van der Waals surface area contributed by atoms with Crippen LogP contribution in [0.5, 0.6) is 0 Å². The number of hydrogen-bond donors (Lipinski definition) is 3. The smallest absolute Gasteiger partial charge is 0.256 e. The predicted octanol–water partition coefficient (Wildman–Crippen LogP) is 1.48. The number of anilines is 2. The lowest BCUT2D eigenvalue weighted by molar-refractivity contribution is -0.110. The number of amides is 1. The fraction of sp³-hybridized carbons (Fsp3) is 0. The summed E-state index contributed by atoms with van der Waals surface area (Å²) in [6.07, 6.45) is 4.98. The van der Waals surface area contributed by atoms with Crippen LogP contribution >= 0.6 is 0 Å². The number of hydrogen-bond acceptors (Lipinski definition) is 3. The third kappa shape index (κ3) is 1.57. The van der Waals surface area contributed by atoms with Crippen molar-refractivity contribution in [2.75, 3.05) is 11.1 Å². The average Bonchev–Trinajstić information content (AvgIpc) is 2.90. The zero-order valence-electron chi connectivity index (χ0n) is 8.90. The summed E-state index contributed by atoms with van der Waals surface area (Å²) in [5.41, 5.74) is 9.35. The van der Waals surface area contributed by atoms with Crippen molar-refractivity contribution >= 4 is 28.9 Å². The highest BCUT2D eigenvalue weighted by molar-refractivity contribution is 6.35. The minimum Gasteiger partial charge on any atom is -0.399 e. The summed E-state index contributed by atoms with van der Waals surface area (Å²) in [4.78, 5) is 18.7. The molecule has 0 radical (unpaired) electrons. The molecule has 4 N–H and O–H groups in total. The van der Waals surface area contributed by atoms with E-state index >= 15 is 0 Å². The van der Waals surface area contributed by atoms with Crippen molar-refractivity contribution in [1.29, 1.82) is 0 Å². The molecule has 2 heterocycles. The molecule has 0 saturated carbocycles. The van der Waals surface area contributed by atoms with E-state index in [4.69, 9.17) is 5.73 Å². The molecule has 0 bridgehead atoms. The van der Waals surface area contributed by atoms with Gasteiger partial charge in [0.1, 0.15) is 0 Å². The van der Waals surface area contributed by atoms with Crippen LogP contribution in [0.3, 0.4) is 0 Å². The number of nitrogens with zero attached hydrogens (tertiary/aromatic N) is 1. The first-order valence-electron chi connectivity index (χ1n) is 5.15. The van der Waals surface area contributed by atoms with E-state index in [0.717, 1.165) is 16.9 Å². The van der Waals surface area contributed by atoms with Crippen LogP contribution in [0.4, 0.5) is 11.4 Å². The lowest BCUT2D eigenvalue weighted by Crippen LogP contribution is -2.03. The van der Waals surface area contributed by atoms with Gasteiger partial charge in [-0.25, -0.2) is 4.98 Å². The van der Waals surface area contributed by atoms with Crippen molar-refractivity contribution in [2.45, 2.75) is 0 Å². The van der Waals surface area contributed by atoms with Gasteiger partial charge in [-0.2, -0.15) is 0 Å². The number of rotatable bonds is 1. The normalized spacial score (nSPS) is 16.0. The molecule has 0 aliphatic carbocycles. The molecule has 0 spiro atoms. The highest BCUT2D eigenvalue weighted by Crippen LogP contribution is 2.33. The van der Waals surface area contributed by atoms with Crippen molar-refractivity contribution < 1.29 is 4.79 Å². The highest BCUT2D eigenvalue weighted by Gasteiger charge is 2.24. The van der Waals surface area contributed by atoms with Gasteiger partial charge in [0.05, 0.1) is 23.8 Å². The number of carbonyl (C=O) groups is 1. The molecule has 5 heteroatoms. The summed E-state index contributed by atoms with van der Waals surface area (Å²) in [6, 6.07) is 5.35.